The van der Waals surface area contributed by atoms with Gasteiger partial charge in [0.25, 0.3) is 0 Å². The molecule has 0 saturated heterocycles. The van der Waals surface area contributed by atoms with Crippen LogP contribution in [0.5, 0.6) is 0 Å². The van der Waals surface area contributed by atoms with Crippen LogP contribution in [0.2, 0.25) is 5.02 Å². The summed E-state index contributed by atoms with van der Waals surface area (Å²) in [4.78, 5) is 1.03. The fraction of sp³-hybridized carbons (Fsp3) is 0.0714. The van der Waals surface area contributed by atoms with E-state index in [1.54, 1.807) is 17.8 Å². The molecular weight excluding hydrogens is 264 g/mol. The van der Waals surface area contributed by atoms with E-state index in [4.69, 9.17) is 22.6 Å². The molecule has 0 amide bonds. The summed E-state index contributed by atoms with van der Waals surface area (Å²) in [6.45, 7) is 0. The molecule has 2 nitrogen and oxygen atoms in total. The minimum absolute atomic E-state index is 0.511. The van der Waals surface area contributed by atoms with Crippen LogP contribution in [0.1, 0.15) is 11.1 Å². The van der Waals surface area contributed by atoms with Crippen molar-refractivity contribution in [1.29, 1.82) is 5.26 Å². The van der Waals surface area contributed by atoms with Crippen LogP contribution in [0.25, 0.3) is 0 Å². The maximum absolute atomic E-state index is 8.80. The molecule has 2 aromatic rings. The van der Waals surface area contributed by atoms with Gasteiger partial charge in [0.1, 0.15) is 6.07 Å². The highest BCUT2D eigenvalue weighted by molar-refractivity contribution is 7.98. The summed E-state index contributed by atoms with van der Waals surface area (Å²) in [5, 5.41) is 9.57. The van der Waals surface area contributed by atoms with Gasteiger partial charge in [0.2, 0.25) is 0 Å². The van der Waals surface area contributed by atoms with Crippen LogP contribution in [0, 0.1) is 11.3 Å². The third-order valence-electron chi connectivity index (χ3n) is 2.50. The molecule has 90 valence electrons. The minimum atomic E-state index is 0.511. The van der Waals surface area contributed by atoms with Gasteiger partial charge in [-0.2, -0.15) is 5.26 Å². The number of nitrogen functional groups attached to an aromatic ring is 1. The summed E-state index contributed by atoms with van der Waals surface area (Å²) < 4.78 is 0. The SMILES string of the molecule is N#Cc1ccc(SCc2ccccc2Cl)cc1N. The fourth-order valence-electron chi connectivity index (χ4n) is 1.51. The number of anilines is 1. The van der Waals surface area contributed by atoms with Gasteiger partial charge in [-0.3, -0.25) is 0 Å². The molecule has 0 atom stereocenters. The Morgan fingerprint density at radius 2 is 2.00 bits per heavy atom. The Bertz CT molecular complexity index is 605. The summed E-state index contributed by atoms with van der Waals surface area (Å²) >= 11 is 7.74. The second kappa shape index (κ2) is 5.81. The standard InChI is InChI=1S/C14H11ClN2S/c15-13-4-2-1-3-11(13)9-18-12-6-5-10(8-16)14(17)7-12/h1-7H,9,17H2. The Kier molecular flexibility index (Phi) is 4.14. The summed E-state index contributed by atoms with van der Waals surface area (Å²) in [5.41, 5.74) is 7.89. The largest absolute Gasteiger partial charge is 0.398 e. The maximum Gasteiger partial charge on any atom is 0.101 e. The molecule has 18 heavy (non-hydrogen) atoms. The molecule has 0 aromatic heterocycles. The van der Waals surface area contributed by atoms with Crippen molar-refractivity contribution < 1.29 is 0 Å². The average molecular weight is 275 g/mol. The van der Waals surface area contributed by atoms with E-state index < -0.39 is 0 Å². The first-order chi connectivity index (χ1) is 8.70. The summed E-state index contributed by atoms with van der Waals surface area (Å²) in [5.74, 6) is 0.783. The van der Waals surface area contributed by atoms with Gasteiger partial charge in [-0.25, -0.2) is 0 Å². The number of rotatable bonds is 3. The second-order valence-electron chi connectivity index (χ2n) is 3.74. The molecule has 4 heteroatoms. The number of nitrogens with two attached hydrogens (primary N) is 1. The van der Waals surface area contributed by atoms with Crippen molar-refractivity contribution in [3.63, 3.8) is 0 Å². The number of halogens is 1. The second-order valence-corrected chi connectivity index (χ2v) is 5.20. The summed E-state index contributed by atoms with van der Waals surface area (Å²) in [6, 6.07) is 15.3. The predicted molar refractivity (Wildman–Crippen MR) is 76.6 cm³/mol. The van der Waals surface area contributed by atoms with E-state index in [1.807, 2.05) is 42.5 Å². The van der Waals surface area contributed by atoms with E-state index in [2.05, 4.69) is 0 Å². The number of thioether (sulfide) groups is 1. The van der Waals surface area contributed by atoms with Crippen molar-refractivity contribution in [3.05, 3.63) is 58.6 Å². The van der Waals surface area contributed by atoms with Crippen molar-refractivity contribution in [2.75, 3.05) is 5.73 Å². The van der Waals surface area contributed by atoms with Gasteiger partial charge >= 0.3 is 0 Å². The molecular formula is C14H11ClN2S. The summed E-state index contributed by atoms with van der Waals surface area (Å²) in [6.07, 6.45) is 0. The Hall–Kier alpha value is -1.63. The topological polar surface area (TPSA) is 49.8 Å². The third-order valence-corrected chi connectivity index (χ3v) is 3.91. The molecule has 2 aromatic carbocycles. The van der Waals surface area contributed by atoms with E-state index in [-0.39, 0.29) is 0 Å². The summed E-state index contributed by atoms with van der Waals surface area (Å²) in [7, 11) is 0. The van der Waals surface area contributed by atoms with Crippen LogP contribution in [0.3, 0.4) is 0 Å². The molecule has 0 spiro atoms. The zero-order valence-corrected chi connectivity index (χ0v) is 11.1. The molecule has 2 rings (SSSR count). The lowest BCUT2D eigenvalue weighted by molar-refractivity contribution is 1.37. The van der Waals surface area contributed by atoms with E-state index >= 15 is 0 Å². The van der Waals surface area contributed by atoms with Gasteiger partial charge in [-0.1, -0.05) is 29.8 Å². The van der Waals surface area contributed by atoms with Gasteiger partial charge < -0.3 is 5.73 Å². The molecule has 0 fully saturated rings. The quantitative estimate of drug-likeness (QED) is 0.677. The van der Waals surface area contributed by atoms with Crippen molar-refractivity contribution >= 4 is 29.1 Å². The maximum atomic E-state index is 8.80. The van der Waals surface area contributed by atoms with Crippen molar-refractivity contribution in [1.82, 2.24) is 0 Å². The first kappa shape index (κ1) is 12.8. The lowest BCUT2D eigenvalue weighted by Gasteiger charge is -2.05. The highest BCUT2D eigenvalue weighted by Gasteiger charge is 2.03. The molecule has 0 aliphatic carbocycles. The van der Waals surface area contributed by atoms with Crippen LogP contribution in [-0.2, 0) is 5.75 Å². The van der Waals surface area contributed by atoms with Gasteiger partial charge in [0.05, 0.1) is 11.3 Å². The molecule has 0 aliphatic rings. The zero-order chi connectivity index (χ0) is 13.0. The highest BCUT2D eigenvalue weighted by Crippen LogP contribution is 2.28. The van der Waals surface area contributed by atoms with Crippen molar-refractivity contribution in [2.45, 2.75) is 10.6 Å². The number of nitriles is 1. The molecule has 2 N–H and O–H groups in total. The smallest absolute Gasteiger partial charge is 0.101 e. The Balaban J connectivity index is 2.10. The van der Waals surface area contributed by atoms with Gasteiger partial charge in [-0.05, 0) is 29.8 Å². The van der Waals surface area contributed by atoms with Gasteiger partial charge in [0, 0.05) is 15.7 Å². The highest BCUT2D eigenvalue weighted by atomic mass is 35.5. The van der Waals surface area contributed by atoms with Crippen LogP contribution in [0.15, 0.2) is 47.4 Å². The Labute approximate surface area is 115 Å². The number of hydrogen-bond donors (Lipinski definition) is 1. The van der Waals surface area contributed by atoms with Crippen molar-refractivity contribution in [3.8, 4) is 6.07 Å². The van der Waals surface area contributed by atoms with Crippen molar-refractivity contribution in [2.24, 2.45) is 0 Å². The molecule has 0 unspecified atom stereocenters. The molecule has 0 bridgehead atoms. The average Bonchev–Trinajstić information content (AvgIpc) is 2.38. The Morgan fingerprint density at radius 3 is 2.67 bits per heavy atom. The van der Waals surface area contributed by atoms with Crippen LogP contribution in [-0.4, -0.2) is 0 Å². The van der Waals surface area contributed by atoms with E-state index in [1.165, 1.54) is 0 Å². The number of hydrogen-bond acceptors (Lipinski definition) is 3. The lowest BCUT2D eigenvalue weighted by atomic mass is 10.2. The van der Waals surface area contributed by atoms with Gasteiger partial charge in [-0.15, -0.1) is 11.8 Å². The molecule has 0 saturated carbocycles. The van der Waals surface area contributed by atoms with E-state index in [0.717, 1.165) is 21.2 Å². The fourth-order valence-corrected chi connectivity index (χ4v) is 2.74. The molecule has 0 heterocycles. The van der Waals surface area contributed by atoms with E-state index in [0.29, 0.717) is 11.3 Å². The molecule has 0 aliphatic heterocycles. The van der Waals surface area contributed by atoms with Gasteiger partial charge in [0.15, 0.2) is 0 Å². The number of benzene rings is 2. The normalized spacial score (nSPS) is 10.0. The first-order valence-electron chi connectivity index (χ1n) is 5.36. The third kappa shape index (κ3) is 2.98. The molecule has 0 radical (unpaired) electrons. The lowest BCUT2D eigenvalue weighted by Crippen LogP contribution is -1.90. The minimum Gasteiger partial charge on any atom is -0.398 e. The van der Waals surface area contributed by atoms with Crippen LogP contribution in [0.4, 0.5) is 5.69 Å². The monoisotopic (exact) mass is 274 g/mol. The van der Waals surface area contributed by atoms with Crippen LogP contribution < -0.4 is 5.73 Å². The van der Waals surface area contributed by atoms with Crippen LogP contribution >= 0.6 is 23.4 Å². The number of nitrogens with zero attached hydrogens (tertiary/aromatic N) is 1. The zero-order valence-electron chi connectivity index (χ0n) is 9.56. The predicted octanol–water partition coefficient (Wildman–Crippen LogP) is 4.09. The van der Waals surface area contributed by atoms with E-state index in [9.17, 15) is 0 Å². The Morgan fingerprint density at radius 1 is 1.22 bits per heavy atom. The first-order valence-corrected chi connectivity index (χ1v) is 6.73.